The van der Waals surface area contributed by atoms with Crippen LogP contribution in [0.4, 0.5) is 4.39 Å². The van der Waals surface area contributed by atoms with Gasteiger partial charge in [-0.05, 0) is 59.7 Å². The monoisotopic (exact) mass is 610 g/mol. The molecule has 6 nitrogen and oxygen atoms in total. The molecule has 3 aromatic carbocycles. The Labute approximate surface area is 245 Å². The van der Waals surface area contributed by atoms with Crippen LogP contribution in [0.5, 0.6) is 0 Å². The van der Waals surface area contributed by atoms with Gasteiger partial charge in [-0.3, -0.25) is 9.59 Å². The Balaban J connectivity index is 1.57. The van der Waals surface area contributed by atoms with Crippen LogP contribution in [0.25, 0.3) is 0 Å². The van der Waals surface area contributed by atoms with Crippen molar-refractivity contribution < 1.29 is 23.5 Å². The summed E-state index contributed by atoms with van der Waals surface area (Å²) in [5.74, 6) is -1.32. The third kappa shape index (κ3) is 7.44. The molecule has 3 atom stereocenters. The Hall–Kier alpha value is -2.81. The van der Waals surface area contributed by atoms with Gasteiger partial charge < -0.3 is 19.3 Å². The quantitative estimate of drug-likeness (QED) is 0.103. The van der Waals surface area contributed by atoms with Gasteiger partial charge in [0.15, 0.2) is 5.78 Å². The van der Waals surface area contributed by atoms with Gasteiger partial charge in [-0.15, -0.1) is 0 Å². The highest BCUT2D eigenvalue weighted by atomic mass is 35.5. The number of carbonyl (C=O) groups excluding carboxylic acids is 2. The first-order valence-corrected chi connectivity index (χ1v) is 13.3. The number of carbonyl (C=O) groups is 2. The van der Waals surface area contributed by atoms with Crippen molar-refractivity contribution in [2.75, 3.05) is 6.54 Å². The number of nitrogens with zero attached hydrogens (tertiary/aromatic N) is 2. The van der Waals surface area contributed by atoms with Crippen LogP contribution in [0.15, 0.2) is 79.1 Å². The maximum absolute atomic E-state index is 13.3. The molecule has 0 saturated heterocycles. The van der Waals surface area contributed by atoms with Crippen LogP contribution in [-0.4, -0.2) is 39.9 Å². The number of benzene rings is 3. The summed E-state index contributed by atoms with van der Waals surface area (Å²) in [5.41, 5.74) is 0.822. The molecular weight excluding hydrogens is 589 g/mol. The van der Waals surface area contributed by atoms with Crippen molar-refractivity contribution in [3.8, 4) is 0 Å². The number of Topliss-reactive ketones (excluding diaryl/α,β-unsaturated/α-hetero) is 1. The van der Waals surface area contributed by atoms with Gasteiger partial charge in [-0.1, -0.05) is 64.6 Å². The zero-order chi connectivity index (χ0) is 28.1. The summed E-state index contributed by atoms with van der Waals surface area (Å²) in [5, 5.41) is 1.47. The first-order valence-electron chi connectivity index (χ1n) is 11.7. The third-order valence-electron chi connectivity index (χ3n) is 5.90. The van der Waals surface area contributed by atoms with E-state index in [1.165, 1.54) is 36.1 Å². The average Bonchev–Trinajstić information content (AvgIpc) is 3.27. The van der Waals surface area contributed by atoms with Crippen molar-refractivity contribution in [1.82, 2.24) is 9.80 Å². The van der Waals surface area contributed by atoms with E-state index >= 15 is 0 Å². The largest absolute Gasteiger partial charge is 0.423 e. The molecule has 204 valence electrons. The van der Waals surface area contributed by atoms with E-state index in [0.29, 0.717) is 31.8 Å². The predicted molar refractivity (Wildman–Crippen MR) is 149 cm³/mol. The lowest BCUT2D eigenvalue weighted by Crippen LogP contribution is -2.48. The molecule has 3 aromatic rings. The maximum atomic E-state index is 13.3. The van der Waals surface area contributed by atoms with Crippen LogP contribution in [0.3, 0.4) is 0 Å². The van der Waals surface area contributed by atoms with E-state index in [2.05, 4.69) is 0 Å². The van der Waals surface area contributed by atoms with Crippen molar-refractivity contribution in [2.24, 2.45) is 0 Å². The molecule has 0 radical (unpaired) electrons. The van der Waals surface area contributed by atoms with Crippen LogP contribution in [0, 0.1) is 5.82 Å². The Morgan fingerprint density at radius 3 is 2.26 bits per heavy atom. The summed E-state index contributed by atoms with van der Waals surface area (Å²) in [6, 6.07) is 17.3. The van der Waals surface area contributed by atoms with Gasteiger partial charge in [0.25, 0.3) is 6.35 Å². The highest BCUT2D eigenvalue weighted by molar-refractivity contribution is 6.35. The van der Waals surface area contributed by atoms with E-state index in [1.807, 2.05) is 0 Å². The molecule has 4 rings (SSSR count). The Morgan fingerprint density at radius 1 is 0.949 bits per heavy atom. The summed E-state index contributed by atoms with van der Waals surface area (Å²) in [6.07, 6.45) is 1.43. The van der Waals surface area contributed by atoms with Crippen molar-refractivity contribution >= 4 is 58.2 Å². The third-order valence-corrected chi connectivity index (χ3v) is 7.19. The number of esters is 1. The second-order valence-electron chi connectivity index (χ2n) is 8.68. The lowest BCUT2D eigenvalue weighted by Gasteiger charge is -2.37. The molecular formula is C28H23Cl4FN2O4. The van der Waals surface area contributed by atoms with Crippen molar-refractivity contribution in [2.45, 2.75) is 31.5 Å². The maximum Gasteiger partial charge on any atom is 0.305 e. The SMILES string of the molecule is CC(=O)OC1N(CC(=O)c2ccc(F)cc2)C=CN1C(Cl)C(OCc1ccc(Cl)cc1Cl)c1ccc(Cl)cc1. The summed E-state index contributed by atoms with van der Waals surface area (Å²) in [4.78, 5) is 28.0. The highest BCUT2D eigenvalue weighted by Crippen LogP contribution is 2.35. The highest BCUT2D eigenvalue weighted by Gasteiger charge is 2.38. The Morgan fingerprint density at radius 2 is 1.62 bits per heavy atom. The molecule has 0 aliphatic carbocycles. The predicted octanol–water partition coefficient (Wildman–Crippen LogP) is 7.43. The van der Waals surface area contributed by atoms with E-state index in [0.717, 1.165) is 0 Å². The van der Waals surface area contributed by atoms with Gasteiger partial charge in [-0.2, -0.15) is 0 Å². The van der Waals surface area contributed by atoms with Gasteiger partial charge in [0, 0.05) is 40.0 Å². The smallest absolute Gasteiger partial charge is 0.305 e. The van der Waals surface area contributed by atoms with Crippen LogP contribution < -0.4 is 0 Å². The van der Waals surface area contributed by atoms with Crippen molar-refractivity contribution in [1.29, 1.82) is 0 Å². The van der Waals surface area contributed by atoms with E-state index in [9.17, 15) is 14.0 Å². The van der Waals surface area contributed by atoms with Crippen molar-refractivity contribution in [3.05, 3.63) is 117 Å². The fraction of sp³-hybridized carbons (Fsp3) is 0.214. The molecule has 3 unspecified atom stereocenters. The molecule has 0 bridgehead atoms. The fourth-order valence-corrected chi connectivity index (χ4v) is 4.92. The summed E-state index contributed by atoms with van der Waals surface area (Å²) in [6.45, 7) is 1.22. The zero-order valence-corrected chi connectivity index (χ0v) is 23.6. The van der Waals surface area contributed by atoms with E-state index < -0.39 is 29.7 Å². The number of ether oxygens (including phenoxy) is 2. The number of ketones is 1. The molecule has 1 aliphatic heterocycles. The van der Waals surface area contributed by atoms with Crippen molar-refractivity contribution in [3.63, 3.8) is 0 Å². The van der Waals surface area contributed by atoms with Gasteiger partial charge in [0.05, 0.1) is 13.2 Å². The normalized spacial score (nSPS) is 16.3. The first-order chi connectivity index (χ1) is 18.6. The number of halogens is 5. The summed E-state index contributed by atoms with van der Waals surface area (Å²) in [7, 11) is 0. The second kappa shape index (κ2) is 13.0. The minimum atomic E-state index is -1.04. The molecule has 1 aliphatic rings. The van der Waals surface area contributed by atoms with E-state index in [-0.39, 0.29) is 18.9 Å². The van der Waals surface area contributed by atoms with Crippen LogP contribution in [0.1, 0.15) is 34.5 Å². The van der Waals surface area contributed by atoms with Crippen LogP contribution >= 0.6 is 46.4 Å². The lowest BCUT2D eigenvalue weighted by molar-refractivity contribution is -0.169. The standard InChI is InChI=1S/C28H23Cl4FN2O4/c1-17(36)39-28-34(15-25(37)18-5-10-23(33)11-6-18)12-13-35(28)27(32)26(19-2-7-21(29)8-3-19)38-16-20-4-9-22(30)14-24(20)31/h2-14,26-28H,15-16H2,1H3. The lowest BCUT2D eigenvalue weighted by atomic mass is 10.1. The number of alkyl halides is 1. The number of rotatable bonds is 10. The molecule has 0 aromatic heterocycles. The molecule has 0 spiro atoms. The topological polar surface area (TPSA) is 59.1 Å². The fourth-order valence-electron chi connectivity index (χ4n) is 3.95. The second-order valence-corrected chi connectivity index (χ2v) is 10.4. The van der Waals surface area contributed by atoms with Gasteiger partial charge >= 0.3 is 5.97 Å². The van der Waals surface area contributed by atoms with Gasteiger partial charge in [-0.25, -0.2) is 4.39 Å². The molecule has 0 amide bonds. The molecule has 1 heterocycles. The summed E-state index contributed by atoms with van der Waals surface area (Å²) >= 11 is 25.4. The minimum Gasteiger partial charge on any atom is -0.423 e. The average molecular weight is 612 g/mol. The van der Waals surface area contributed by atoms with Crippen LogP contribution in [-0.2, 0) is 20.9 Å². The number of hydrogen-bond donors (Lipinski definition) is 0. The molecule has 39 heavy (non-hydrogen) atoms. The van der Waals surface area contributed by atoms with Gasteiger partial charge in [0.1, 0.15) is 17.4 Å². The zero-order valence-electron chi connectivity index (χ0n) is 20.6. The minimum absolute atomic E-state index is 0.106. The molecule has 0 fully saturated rings. The van der Waals surface area contributed by atoms with Gasteiger partial charge in [0.2, 0.25) is 0 Å². The summed E-state index contributed by atoms with van der Waals surface area (Å²) < 4.78 is 25.1. The van der Waals surface area contributed by atoms with E-state index in [4.69, 9.17) is 55.9 Å². The Bertz CT molecular complexity index is 1350. The molecule has 0 N–H and O–H groups in total. The molecule has 0 saturated carbocycles. The van der Waals surface area contributed by atoms with Crippen LogP contribution in [0.2, 0.25) is 15.1 Å². The Kier molecular flexibility index (Phi) is 9.75. The first kappa shape index (κ1) is 29.2. The molecule has 11 heteroatoms. The van der Waals surface area contributed by atoms with E-state index in [1.54, 1.807) is 59.8 Å². The number of hydrogen-bond acceptors (Lipinski definition) is 6.